The van der Waals surface area contributed by atoms with Gasteiger partial charge >= 0.3 is 7.12 Å². The molecule has 1 aromatic carbocycles. The topological polar surface area (TPSA) is 29.5 Å². The van der Waals surface area contributed by atoms with Gasteiger partial charge in [0, 0.05) is 6.32 Å². The largest absolute Gasteiger partial charge is 0.535 e. The van der Waals surface area contributed by atoms with Crippen LogP contribution in [0.5, 0.6) is 5.75 Å². The van der Waals surface area contributed by atoms with Gasteiger partial charge in [0.25, 0.3) is 0 Å². The van der Waals surface area contributed by atoms with Crippen LogP contribution in [0.4, 0.5) is 0 Å². The predicted octanol–water partition coefficient (Wildman–Crippen LogP) is 1.40. The van der Waals surface area contributed by atoms with Gasteiger partial charge in [0.15, 0.2) is 0 Å². The Labute approximate surface area is 73.5 Å². The van der Waals surface area contributed by atoms with Crippen LogP contribution in [-0.2, 0) is 6.32 Å². The van der Waals surface area contributed by atoms with Crippen molar-refractivity contribution in [2.45, 2.75) is 6.32 Å². The number of halogens is 1. The maximum Gasteiger partial charge on any atom is 0.527 e. The first-order valence-electron chi connectivity index (χ1n) is 3.39. The van der Waals surface area contributed by atoms with Crippen LogP contribution in [0.25, 0.3) is 0 Å². The van der Waals surface area contributed by atoms with Crippen molar-refractivity contribution in [1.29, 1.82) is 0 Å². The number of rotatable bonds is 0. The zero-order valence-electron chi connectivity index (χ0n) is 5.75. The fraction of sp³-hybridized carbons (Fsp3) is 0.143. The molecule has 11 heavy (non-hydrogen) atoms. The molecule has 56 valence electrons. The summed E-state index contributed by atoms with van der Waals surface area (Å²) in [6, 6.07) is 5.79. The van der Waals surface area contributed by atoms with Crippen LogP contribution in [0.2, 0.25) is 0 Å². The Hall–Kier alpha value is -0.475. The molecule has 0 saturated heterocycles. The van der Waals surface area contributed by atoms with Gasteiger partial charge in [0.1, 0.15) is 5.75 Å². The normalized spacial score (nSPS) is 14.5. The van der Waals surface area contributed by atoms with Gasteiger partial charge in [0.2, 0.25) is 0 Å². The Kier molecular flexibility index (Phi) is 1.66. The van der Waals surface area contributed by atoms with Gasteiger partial charge in [-0.15, -0.1) is 0 Å². The van der Waals surface area contributed by atoms with Crippen LogP contribution in [0.1, 0.15) is 5.56 Å². The third kappa shape index (κ3) is 1.16. The first-order valence-corrected chi connectivity index (χ1v) is 4.19. The van der Waals surface area contributed by atoms with Gasteiger partial charge in [-0.3, -0.25) is 0 Å². The van der Waals surface area contributed by atoms with Crippen LogP contribution in [0.15, 0.2) is 22.7 Å². The molecule has 0 aromatic heterocycles. The monoisotopic (exact) mass is 212 g/mol. The van der Waals surface area contributed by atoms with E-state index in [0.717, 1.165) is 15.8 Å². The molecule has 0 atom stereocenters. The molecule has 0 radical (unpaired) electrons. The summed E-state index contributed by atoms with van der Waals surface area (Å²) in [4.78, 5) is 0. The Morgan fingerprint density at radius 1 is 1.55 bits per heavy atom. The highest BCUT2D eigenvalue weighted by Crippen LogP contribution is 2.33. The summed E-state index contributed by atoms with van der Waals surface area (Å²) in [5.74, 6) is 0.778. The Bertz CT molecular complexity index is 290. The van der Waals surface area contributed by atoms with Gasteiger partial charge in [-0.1, -0.05) is 12.1 Å². The molecule has 0 amide bonds. The van der Waals surface area contributed by atoms with E-state index in [9.17, 15) is 0 Å². The lowest BCUT2D eigenvalue weighted by Gasteiger charge is -2.01. The van der Waals surface area contributed by atoms with Gasteiger partial charge in [0.05, 0.1) is 4.47 Å². The molecule has 1 aliphatic heterocycles. The van der Waals surface area contributed by atoms with Crippen molar-refractivity contribution in [2.75, 3.05) is 0 Å². The third-order valence-electron chi connectivity index (χ3n) is 1.70. The highest BCUT2D eigenvalue weighted by atomic mass is 79.9. The highest BCUT2D eigenvalue weighted by molar-refractivity contribution is 9.10. The summed E-state index contributed by atoms with van der Waals surface area (Å²) in [5.41, 5.74) is 1.06. The van der Waals surface area contributed by atoms with E-state index in [1.807, 2.05) is 18.2 Å². The summed E-state index contributed by atoms with van der Waals surface area (Å²) in [6.45, 7) is 0. The van der Waals surface area contributed by atoms with Crippen molar-refractivity contribution in [3.05, 3.63) is 28.2 Å². The van der Waals surface area contributed by atoms with Gasteiger partial charge in [-0.25, -0.2) is 0 Å². The zero-order chi connectivity index (χ0) is 7.84. The number of hydrogen-bond acceptors (Lipinski definition) is 2. The molecule has 1 heterocycles. The summed E-state index contributed by atoms with van der Waals surface area (Å²) < 4.78 is 6.06. The quantitative estimate of drug-likeness (QED) is 0.660. The van der Waals surface area contributed by atoms with E-state index in [2.05, 4.69) is 15.9 Å². The molecular formula is C7H6BBrO2. The summed E-state index contributed by atoms with van der Waals surface area (Å²) in [5, 5.41) is 9.13. The summed E-state index contributed by atoms with van der Waals surface area (Å²) >= 11 is 3.34. The second-order valence-electron chi connectivity index (χ2n) is 2.50. The zero-order valence-corrected chi connectivity index (χ0v) is 7.34. The number of benzene rings is 1. The van der Waals surface area contributed by atoms with Crippen molar-refractivity contribution in [3.8, 4) is 5.75 Å². The van der Waals surface area contributed by atoms with Crippen molar-refractivity contribution in [1.82, 2.24) is 0 Å². The van der Waals surface area contributed by atoms with E-state index >= 15 is 0 Å². The Morgan fingerprint density at radius 2 is 2.36 bits per heavy atom. The lowest BCUT2D eigenvalue weighted by Crippen LogP contribution is -2.17. The van der Waals surface area contributed by atoms with Gasteiger partial charge in [-0.05, 0) is 27.6 Å². The van der Waals surface area contributed by atoms with E-state index in [4.69, 9.17) is 9.68 Å². The lowest BCUT2D eigenvalue weighted by molar-refractivity contribution is 0.430. The van der Waals surface area contributed by atoms with Crippen molar-refractivity contribution in [3.63, 3.8) is 0 Å². The van der Waals surface area contributed by atoms with E-state index in [-0.39, 0.29) is 0 Å². The van der Waals surface area contributed by atoms with E-state index in [1.54, 1.807) is 0 Å². The maximum absolute atomic E-state index is 9.13. The molecule has 0 aliphatic carbocycles. The molecular weight excluding hydrogens is 207 g/mol. The molecule has 4 heteroatoms. The molecule has 0 unspecified atom stereocenters. The van der Waals surface area contributed by atoms with Crippen LogP contribution in [-0.4, -0.2) is 12.1 Å². The summed E-state index contributed by atoms with van der Waals surface area (Å²) in [7, 11) is -0.663. The smallest absolute Gasteiger partial charge is 0.527 e. The molecule has 1 aromatic rings. The van der Waals surface area contributed by atoms with Crippen LogP contribution in [0, 0.1) is 0 Å². The van der Waals surface area contributed by atoms with E-state index < -0.39 is 7.12 Å². The molecule has 2 nitrogen and oxygen atoms in total. The molecule has 2 rings (SSSR count). The second kappa shape index (κ2) is 2.53. The van der Waals surface area contributed by atoms with Crippen LogP contribution >= 0.6 is 15.9 Å². The molecule has 0 saturated carbocycles. The van der Waals surface area contributed by atoms with E-state index in [0.29, 0.717) is 6.32 Å². The molecule has 0 spiro atoms. The SMILES string of the molecule is OB1Cc2cccc(Br)c2O1. The minimum atomic E-state index is -0.663. The lowest BCUT2D eigenvalue weighted by atomic mass is 9.85. The van der Waals surface area contributed by atoms with Crippen LogP contribution < -0.4 is 4.65 Å². The number of fused-ring (bicyclic) bond motifs is 1. The number of para-hydroxylation sites is 1. The van der Waals surface area contributed by atoms with Crippen molar-refractivity contribution >= 4 is 23.0 Å². The average molecular weight is 213 g/mol. The average Bonchev–Trinajstić information content (AvgIpc) is 2.31. The maximum atomic E-state index is 9.13. The Morgan fingerprint density at radius 3 is 3.09 bits per heavy atom. The minimum absolute atomic E-state index is 0.592. The first-order chi connectivity index (χ1) is 5.27. The predicted molar refractivity (Wildman–Crippen MR) is 46.4 cm³/mol. The Balaban J connectivity index is 2.49. The fourth-order valence-electron chi connectivity index (χ4n) is 1.21. The third-order valence-corrected chi connectivity index (χ3v) is 2.32. The second-order valence-corrected chi connectivity index (χ2v) is 3.36. The fourth-order valence-corrected chi connectivity index (χ4v) is 1.71. The molecule has 0 fully saturated rings. The highest BCUT2D eigenvalue weighted by Gasteiger charge is 2.27. The molecule has 0 bridgehead atoms. The van der Waals surface area contributed by atoms with E-state index in [1.165, 1.54) is 0 Å². The van der Waals surface area contributed by atoms with Crippen molar-refractivity contribution < 1.29 is 9.68 Å². The van der Waals surface area contributed by atoms with Crippen LogP contribution in [0.3, 0.4) is 0 Å². The van der Waals surface area contributed by atoms with Crippen molar-refractivity contribution in [2.24, 2.45) is 0 Å². The van der Waals surface area contributed by atoms with Gasteiger partial charge < -0.3 is 9.68 Å². The van der Waals surface area contributed by atoms with Gasteiger partial charge in [-0.2, -0.15) is 0 Å². The standard InChI is InChI=1S/C7H6BBrO2/c9-6-3-1-2-5-4-8(10)11-7(5)6/h1-3,10H,4H2. The summed E-state index contributed by atoms with van der Waals surface area (Å²) in [6.07, 6.45) is 0.592. The number of hydrogen-bond donors (Lipinski definition) is 1. The first kappa shape index (κ1) is 7.19. The molecule has 1 aliphatic rings. The minimum Gasteiger partial charge on any atom is -0.535 e. The molecule has 1 N–H and O–H groups in total.